The summed E-state index contributed by atoms with van der Waals surface area (Å²) in [6.45, 7) is 2.56. The Morgan fingerprint density at radius 2 is 2.29 bits per heavy atom. The Hall–Kier alpha value is -0.680. The molecule has 0 aliphatic rings. The van der Waals surface area contributed by atoms with Gasteiger partial charge in [-0.2, -0.15) is 0 Å². The van der Waals surface area contributed by atoms with E-state index in [-0.39, 0.29) is 10.8 Å². The Labute approximate surface area is 95.8 Å². The summed E-state index contributed by atoms with van der Waals surface area (Å²) < 4.78 is 14.1. The quantitative estimate of drug-likeness (QED) is 0.834. The van der Waals surface area contributed by atoms with E-state index in [1.54, 1.807) is 6.07 Å². The van der Waals surface area contributed by atoms with Crippen LogP contribution in [0.5, 0.6) is 0 Å². The van der Waals surface area contributed by atoms with Crippen molar-refractivity contribution in [3.63, 3.8) is 0 Å². The zero-order chi connectivity index (χ0) is 10.7. The van der Waals surface area contributed by atoms with Crippen LogP contribution in [-0.4, -0.2) is 11.5 Å². The number of hydrogen-bond acceptors (Lipinski definition) is 2. The Morgan fingerprint density at radius 1 is 1.64 bits per heavy atom. The van der Waals surface area contributed by atoms with E-state index in [2.05, 4.69) is 21.2 Å². The summed E-state index contributed by atoms with van der Waals surface area (Å²) in [5, 5.41) is 2.89. The molecular formula is C9H10BrFN2S. The maximum Gasteiger partial charge on any atom is 0.147 e. The largest absolute Gasteiger partial charge is 0.389 e. The third-order valence-corrected chi connectivity index (χ3v) is 2.57. The lowest BCUT2D eigenvalue weighted by Crippen LogP contribution is -2.11. The molecule has 0 saturated carbocycles. The molecule has 14 heavy (non-hydrogen) atoms. The zero-order valence-corrected chi connectivity index (χ0v) is 10.0. The van der Waals surface area contributed by atoms with Gasteiger partial charge in [-0.1, -0.05) is 12.2 Å². The SMILES string of the molecule is CCNc1cc(Br)c(C(N)=S)cc1F. The summed E-state index contributed by atoms with van der Waals surface area (Å²) in [5.74, 6) is -0.349. The molecule has 0 aromatic heterocycles. The Balaban J connectivity index is 3.17. The second-order valence-corrected chi connectivity index (χ2v) is 4.00. The minimum absolute atomic E-state index is 0.179. The van der Waals surface area contributed by atoms with Crippen LogP contribution in [0.15, 0.2) is 16.6 Å². The molecule has 0 heterocycles. The number of nitrogens with two attached hydrogens (primary N) is 1. The topological polar surface area (TPSA) is 38.0 Å². The summed E-state index contributed by atoms with van der Waals surface area (Å²) in [6, 6.07) is 2.96. The number of nitrogens with one attached hydrogen (secondary N) is 1. The Morgan fingerprint density at radius 3 is 2.79 bits per heavy atom. The highest BCUT2D eigenvalue weighted by Crippen LogP contribution is 2.24. The van der Waals surface area contributed by atoms with Crippen LogP contribution in [0.2, 0.25) is 0 Å². The standard InChI is InChI=1S/C9H10BrFN2S/c1-2-13-8-4-6(10)5(9(12)14)3-7(8)11/h3-4,13H,2H2,1H3,(H2,12,14). The molecule has 1 aromatic rings. The molecular weight excluding hydrogens is 267 g/mol. The smallest absolute Gasteiger partial charge is 0.147 e. The lowest BCUT2D eigenvalue weighted by atomic mass is 10.2. The first-order chi connectivity index (χ1) is 6.56. The van der Waals surface area contributed by atoms with Crippen LogP contribution in [-0.2, 0) is 0 Å². The molecule has 0 bridgehead atoms. The van der Waals surface area contributed by atoms with Gasteiger partial charge in [0.25, 0.3) is 0 Å². The summed E-state index contributed by atoms with van der Waals surface area (Å²) in [7, 11) is 0. The molecule has 2 nitrogen and oxygen atoms in total. The predicted octanol–water partition coefficient (Wildman–Crippen LogP) is 2.65. The lowest BCUT2D eigenvalue weighted by Gasteiger charge is -2.08. The average Bonchev–Trinajstić information content (AvgIpc) is 2.10. The van der Waals surface area contributed by atoms with E-state index in [9.17, 15) is 4.39 Å². The van der Waals surface area contributed by atoms with Crippen molar-refractivity contribution in [1.82, 2.24) is 0 Å². The van der Waals surface area contributed by atoms with Gasteiger partial charge in [0.05, 0.1) is 5.69 Å². The normalized spacial score (nSPS) is 9.93. The third kappa shape index (κ3) is 2.42. The zero-order valence-electron chi connectivity index (χ0n) is 7.60. The maximum atomic E-state index is 13.4. The number of anilines is 1. The first-order valence-electron chi connectivity index (χ1n) is 4.09. The van der Waals surface area contributed by atoms with Crippen molar-refractivity contribution < 1.29 is 4.39 Å². The summed E-state index contributed by atoms with van der Waals surface area (Å²) in [5.41, 5.74) is 6.38. The average molecular weight is 277 g/mol. The van der Waals surface area contributed by atoms with Crippen LogP contribution in [0, 0.1) is 5.82 Å². The van der Waals surface area contributed by atoms with Crippen LogP contribution in [0.1, 0.15) is 12.5 Å². The molecule has 0 unspecified atom stereocenters. The van der Waals surface area contributed by atoms with Crippen LogP contribution < -0.4 is 11.1 Å². The highest BCUT2D eigenvalue weighted by molar-refractivity contribution is 9.10. The van der Waals surface area contributed by atoms with Gasteiger partial charge in [0.15, 0.2) is 0 Å². The number of thiocarbonyl (C=S) groups is 1. The molecule has 0 fully saturated rings. The van der Waals surface area contributed by atoms with Crippen molar-refractivity contribution in [2.75, 3.05) is 11.9 Å². The van der Waals surface area contributed by atoms with Gasteiger partial charge in [-0.25, -0.2) is 4.39 Å². The highest BCUT2D eigenvalue weighted by Gasteiger charge is 2.09. The molecule has 5 heteroatoms. The number of hydrogen-bond donors (Lipinski definition) is 2. The first kappa shape index (κ1) is 11.4. The van der Waals surface area contributed by atoms with E-state index in [1.165, 1.54) is 6.07 Å². The van der Waals surface area contributed by atoms with Gasteiger partial charge >= 0.3 is 0 Å². The monoisotopic (exact) mass is 276 g/mol. The van der Waals surface area contributed by atoms with Gasteiger partial charge in [0.1, 0.15) is 10.8 Å². The second-order valence-electron chi connectivity index (χ2n) is 2.71. The van der Waals surface area contributed by atoms with Gasteiger partial charge in [-0.3, -0.25) is 0 Å². The number of halogens is 2. The Bertz CT molecular complexity index is 368. The molecule has 76 valence electrons. The molecule has 0 aliphatic heterocycles. The van der Waals surface area contributed by atoms with Gasteiger partial charge in [-0.05, 0) is 35.0 Å². The van der Waals surface area contributed by atoms with Gasteiger partial charge in [0, 0.05) is 16.6 Å². The number of benzene rings is 1. The minimum Gasteiger partial charge on any atom is -0.389 e. The van der Waals surface area contributed by atoms with Crippen molar-refractivity contribution in [2.45, 2.75) is 6.92 Å². The fourth-order valence-electron chi connectivity index (χ4n) is 1.06. The van der Waals surface area contributed by atoms with Crippen molar-refractivity contribution in [3.05, 3.63) is 28.0 Å². The van der Waals surface area contributed by atoms with E-state index < -0.39 is 0 Å². The molecule has 1 rings (SSSR count). The van der Waals surface area contributed by atoms with Crippen LogP contribution in [0.3, 0.4) is 0 Å². The molecule has 0 radical (unpaired) electrons. The Kier molecular flexibility index (Phi) is 3.83. The van der Waals surface area contributed by atoms with Crippen LogP contribution in [0.4, 0.5) is 10.1 Å². The van der Waals surface area contributed by atoms with E-state index >= 15 is 0 Å². The molecule has 0 spiro atoms. The second kappa shape index (κ2) is 4.70. The molecule has 0 amide bonds. The van der Waals surface area contributed by atoms with E-state index in [4.69, 9.17) is 18.0 Å². The molecule has 0 saturated heterocycles. The van der Waals surface area contributed by atoms with Crippen molar-refractivity contribution in [3.8, 4) is 0 Å². The summed E-state index contributed by atoms with van der Waals surface area (Å²) in [4.78, 5) is 0.179. The molecule has 3 N–H and O–H groups in total. The lowest BCUT2D eigenvalue weighted by molar-refractivity contribution is 0.630. The van der Waals surface area contributed by atoms with Gasteiger partial charge in [-0.15, -0.1) is 0 Å². The van der Waals surface area contributed by atoms with Gasteiger partial charge < -0.3 is 11.1 Å². The predicted molar refractivity (Wildman–Crippen MR) is 64.2 cm³/mol. The minimum atomic E-state index is -0.349. The maximum absolute atomic E-state index is 13.4. The van der Waals surface area contributed by atoms with E-state index in [0.717, 1.165) is 0 Å². The molecule has 0 atom stereocenters. The third-order valence-electron chi connectivity index (χ3n) is 1.69. The van der Waals surface area contributed by atoms with E-state index in [0.29, 0.717) is 22.3 Å². The summed E-state index contributed by atoms with van der Waals surface area (Å²) in [6.07, 6.45) is 0. The fourth-order valence-corrected chi connectivity index (χ4v) is 1.92. The number of rotatable bonds is 3. The van der Waals surface area contributed by atoms with Crippen molar-refractivity contribution in [2.24, 2.45) is 5.73 Å². The summed E-state index contributed by atoms with van der Waals surface area (Å²) >= 11 is 8.06. The van der Waals surface area contributed by atoms with Gasteiger partial charge in [0.2, 0.25) is 0 Å². The molecule has 0 aliphatic carbocycles. The van der Waals surface area contributed by atoms with Crippen molar-refractivity contribution in [1.29, 1.82) is 0 Å². The van der Waals surface area contributed by atoms with Crippen molar-refractivity contribution >= 4 is 38.8 Å². The molecule has 1 aromatic carbocycles. The fraction of sp³-hybridized carbons (Fsp3) is 0.222. The van der Waals surface area contributed by atoms with E-state index in [1.807, 2.05) is 6.92 Å². The van der Waals surface area contributed by atoms with Crippen LogP contribution in [0.25, 0.3) is 0 Å². The first-order valence-corrected chi connectivity index (χ1v) is 5.29. The van der Waals surface area contributed by atoms with Crippen LogP contribution >= 0.6 is 28.1 Å². The highest BCUT2D eigenvalue weighted by atomic mass is 79.9.